The van der Waals surface area contributed by atoms with Gasteiger partial charge in [-0.3, -0.25) is 9.59 Å². The van der Waals surface area contributed by atoms with E-state index in [2.05, 4.69) is 4.98 Å². The van der Waals surface area contributed by atoms with Crippen LogP contribution in [0.4, 0.5) is 0 Å². The number of para-hydroxylation sites is 1. The van der Waals surface area contributed by atoms with Crippen molar-refractivity contribution < 1.29 is 4.74 Å². The molecule has 76 valence electrons. The molecule has 2 rings (SSSR count). The molecule has 0 aliphatic rings. The molecule has 0 bridgehead atoms. The van der Waals surface area contributed by atoms with E-state index in [9.17, 15) is 9.59 Å². The summed E-state index contributed by atoms with van der Waals surface area (Å²) in [5.41, 5.74) is -0.518. The van der Waals surface area contributed by atoms with Crippen LogP contribution in [0.2, 0.25) is 0 Å². The number of rotatable bonds is 1. The van der Waals surface area contributed by atoms with E-state index in [4.69, 9.17) is 4.74 Å². The molecule has 2 aromatic rings. The Morgan fingerprint density at radius 1 is 1.20 bits per heavy atom. The molecule has 0 aliphatic carbocycles. The Hall–Kier alpha value is -2.10. The molecule has 0 atom stereocenters. The van der Waals surface area contributed by atoms with Gasteiger partial charge in [-0.05, 0) is 12.1 Å². The Bertz CT molecular complexity index is 616. The number of nitrogens with one attached hydrogen (secondary N) is 1. The van der Waals surface area contributed by atoms with Crippen molar-refractivity contribution in [3.63, 3.8) is 0 Å². The van der Waals surface area contributed by atoms with Gasteiger partial charge in [0.25, 0.3) is 0 Å². The summed E-state index contributed by atoms with van der Waals surface area (Å²) < 4.78 is 4.92. The van der Waals surface area contributed by atoms with Crippen LogP contribution in [-0.2, 0) is 0 Å². The maximum Gasteiger partial charge on any atom is 0.235 e. The van der Waals surface area contributed by atoms with Crippen molar-refractivity contribution in [2.24, 2.45) is 0 Å². The van der Waals surface area contributed by atoms with E-state index in [-0.39, 0.29) is 5.88 Å². The van der Waals surface area contributed by atoms with Gasteiger partial charge in [-0.15, -0.1) is 0 Å². The van der Waals surface area contributed by atoms with Crippen LogP contribution >= 0.6 is 0 Å². The van der Waals surface area contributed by atoms with Crippen molar-refractivity contribution in [1.82, 2.24) is 4.98 Å². The fourth-order valence-corrected chi connectivity index (χ4v) is 1.39. The van der Waals surface area contributed by atoms with Gasteiger partial charge in [0.15, 0.2) is 5.88 Å². The molecule has 1 aromatic heterocycles. The van der Waals surface area contributed by atoms with E-state index < -0.39 is 10.9 Å². The fraction of sp³-hybridized carbons (Fsp3) is 0.0909. The van der Waals surface area contributed by atoms with E-state index in [1.807, 2.05) is 0 Å². The van der Waals surface area contributed by atoms with Crippen LogP contribution < -0.4 is 15.6 Å². The average molecular weight is 203 g/mol. The lowest BCUT2D eigenvalue weighted by atomic mass is 10.2. The van der Waals surface area contributed by atoms with Gasteiger partial charge in [-0.25, -0.2) is 0 Å². The molecule has 4 nitrogen and oxygen atoms in total. The van der Waals surface area contributed by atoms with Gasteiger partial charge in [-0.2, -0.15) is 0 Å². The number of fused-ring (bicyclic) bond motifs is 1. The fourth-order valence-electron chi connectivity index (χ4n) is 1.39. The summed E-state index contributed by atoms with van der Waals surface area (Å²) in [6.07, 6.45) is 0. The number of methoxy groups -OCH3 is 1. The Kier molecular flexibility index (Phi) is 2.25. The van der Waals surface area contributed by atoms with E-state index in [1.54, 1.807) is 24.3 Å². The Labute approximate surface area is 85.1 Å². The molecular formula is C11H9NO3. The zero-order chi connectivity index (χ0) is 10.8. The number of aromatic nitrogens is 1. The van der Waals surface area contributed by atoms with Crippen molar-refractivity contribution in [2.45, 2.75) is 0 Å². The van der Waals surface area contributed by atoms with Crippen LogP contribution in [0, 0.1) is 0 Å². The molecule has 0 amide bonds. The second-order valence-electron chi connectivity index (χ2n) is 3.08. The van der Waals surface area contributed by atoms with E-state index >= 15 is 0 Å². The molecule has 0 radical (unpaired) electrons. The van der Waals surface area contributed by atoms with Crippen molar-refractivity contribution in [1.29, 1.82) is 0 Å². The minimum atomic E-state index is -0.579. The number of hydrogen-bond donors (Lipinski definition) is 1. The van der Waals surface area contributed by atoms with Crippen molar-refractivity contribution >= 4 is 10.9 Å². The Morgan fingerprint density at radius 3 is 2.67 bits per heavy atom. The summed E-state index contributed by atoms with van der Waals surface area (Å²) in [7, 11) is 1.44. The number of aromatic amines is 1. The molecule has 1 aromatic carbocycles. The SMILES string of the molecule is COc1cc(=O)c(=O)c2ccccc2[nH]1. The zero-order valence-corrected chi connectivity index (χ0v) is 8.11. The third-order valence-corrected chi connectivity index (χ3v) is 2.14. The Morgan fingerprint density at radius 2 is 1.93 bits per heavy atom. The molecule has 1 N–H and O–H groups in total. The first-order valence-corrected chi connectivity index (χ1v) is 4.43. The summed E-state index contributed by atoms with van der Waals surface area (Å²) >= 11 is 0. The van der Waals surface area contributed by atoms with Gasteiger partial charge in [0.05, 0.1) is 12.6 Å². The smallest absolute Gasteiger partial charge is 0.235 e. The van der Waals surface area contributed by atoms with Gasteiger partial charge in [0.1, 0.15) is 0 Å². The largest absolute Gasteiger partial charge is 0.482 e. The number of H-pyrrole nitrogens is 1. The topological polar surface area (TPSA) is 59.2 Å². The lowest BCUT2D eigenvalue weighted by molar-refractivity contribution is 0.399. The highest BCUT2D eigenvalue weighted by Gasteiger charge is 2.01. The van der Waals surface area contributed by atoms with Crippen molar-refractivity contribution in [3.8, 4) is 5.88 Å². The number of ether oxygens (including phenoxy) is 1. The van der Waals surface area contributed by atoms with E-state index in [1.165, 1.54) is 7.11 Å². The monoisotopic (exact) mass is 203 g/mol. The normalized spacial score (nSPS) is 10.2. The minimum Gasteiger partial charge on any atom is -0.482 e. The third-order valence-electron chi connectivity index (χ3n) is 2.14. The van der Waals surface area contributed by atoms with Gasteiger partial charge >= 0.3 is 0 Å². The zero-order valence-electron chi connectivity index (χ0n) is 8.11. The highest BCUT2D eigenvalue weighted by atomic mass is 16.5. The molecule has 0 fully saturated rings. The van der Waals surface area contributed by atoms with Crippen molar-refractivity contribution in [3.05, 3.63) is 50.8 Å². The Balaban J connectivity index is 3.05. The molecule has 0 unspecified atom stereocenters. The molecule has 4 heteroatoms. The molecule has 0 saturated carbocycles. The van der Waals surface area contributed by atoms with Gasteiger partial charge in [-0.1, -0.05) is 12.1 Å². The van der Waals surface area contributed by atoms with Crippen LogP contribution in [0.15, 0.2) is 39.9 Å². The quantitative estimate of drug-likeness (QED) is 0.700. The average Bonchev–Trinajstić information content (AvgIpc) is 2.38. The van der Waals surface area contributed by atoms with E-state index in [0.29, 0.717) is 10.9 Å². The first kappa shape index (κ1) is 9.45. The molecule has 0 saturated heterocycles. The van der Waals surface area contributed by atoms with Crippen molar-refractivity contribution in [2.75, 3.05) is 7.11 Å². The summed E-state index contributed by atoms with van der Waals surface area (Å²) in [5.74, 6) is 0.276. The summed E-state index contributed by atoms with van der Waals surface area (Å²) in [6.45, 7) is 0. The lowest BCUT2D eigenvalue weighted by Crippen LogP contribution is -2.19. The third kappa shape index (κ3) is 1.61. The van der Waals surface area contributed by atoms with Gasteiger partial charge < -0.3 is 9.72 Å². The highest BCUT2D eigenvalue weighted by Crippen LogP contribution is 2.07. The first-order valence-electron chi connectivity index (χ1n) is 4.43. The predicted molar refractivity (Wildman–Crippen MR) is 57.4 cm³/mol. The van der Waals surface area contributed by atoms with Crippen LogP contribution in [0.1, 0.15) is 0 Å². The van der Waals surface area contributed by atoms with Crippen LogP contribution in [-0.4, -0.2) is 12.1 Å². The first-order chi connectivity index (χ1) is 7.22. The number of benzene rings is 1. The molecule has 15 heavy (non-hydrogen) atoms. The van der Waals surface area contributed by atoms with Crippen LogP contribution in [0.5, 0.6) is 5.88 Å². The molecular weight excluding hydrogens is 194 g/mol. The molecule has 0 aliphatic heterocycles. The lowest BCUT2D eigenvalue weighted by Gasteiger charge is -1.95. The van der Waals surface area contributed by atoms with Gasteiger partial charge in [0.2, 0.25) is 10.9 Å². The maximum absolute atomic E-state index is 11.6. The molecule has 0 spiro atoms. The summed E-state index contributed by atoms with van der Waals surface area (Å²) in [4.78, 5) is 25.9. The summed E-state index contributed by atoms with van der Waals surface area (Å²) in [6, 6.07) is 7.97. The predicted octanol–water partition coefficient (Wildman–Crippen LogP) is 0.897. The molecule has 1 heterocycles. The second-order valence-corrected chi connectivity index (χ2v) is 3.08. The van der Waals surface area contributed by atoms with Crippen LogP contribution in [0.25, 0.3) is 10.9 Å². The maximum atomic E-state index is 11.6. The highest BCUT2D eigenvalue weighted by molar-refractivity contribution is 5.77. The van der Waals surface area contributed by atoms with E-state index in [0.717, 1.165) is 6.07 Å². The minimum absolute atomic E-state index is 0.276. The standard InChI is InChI=1S/C11H9NO3/c1-15-10-6-9(13)11(14)7-4-2-3-5-8(7)12-10/h2-6,12H,1H3. The summed E-state index contributed by atoms with van der Waals surface area (Å²) in [5, 5.41) is 0.366. The van der Waals surface area contributed by atoms with Crippen LogP contribution in [0.3, 0.4) is 0 Å². The number of hydrogen-bond acceptors (Lipinski definition) is 3. The second kappa shape index (κ2) is 3.57. The van der Waals surface area contributed by atoms with Gasteiger partial charge in [0, 0.05) is 11.5 Å².